The third kappa shape index (κ3) is 2.69. The third-order valence-corrected chi connectivity index (χ3v) is 4.64. The number of ether oxygens (including phenoxy) is 2. The zero-order valence-corrected chi connectivity index (χ0v) is 12.6. The van der Waals surface area contributed by atoms with E-state index in [0.29, 0.717) is 26.1 Å². The lowest BCUT2D eigenvalue weighted by Crippen LogP contribution is -2.45. The first-order chi connectivity index (χ1) is 10.5. The number of nitrogens with zero attached hydrogens (tertiary/aromatic N) is 1. The standard InChI is InChI=1S/C16H21NO5/c1-21-13-4-2-11(3-5-13)10-22-14-7-16(15(19)20)6-12(18)8-17(16)9-14/h2-5,12,14,18H,6-10H2,1H3,(H,19,20)/t12?,14-,16-/m1/s1. The number of hydrogen-bond acceptors (Lipinski definition) is 5. The van der Waals surface area contributed by atoms with Crippen LogP contribution < -0.4 is 4.74 Å². The molecule has 120 valence electrons. The van der Waals surface area contributed by atoms with E-state index in [1.165, 1.54) is 0 Å². The number of carbonyl (C=O) groups is 1. The van der Waals surface area contributed by atoms with Crippen LogP contribution in [0.3, 0.4) is 0 Å². The van der Waals surface area contributed by atoms with Crippen LogP contribution in [0.5, 0.6) is 5.75 Å². The number of aliphatic carboxylic acids is 1. The quantitative estimate of drug-likeness (QED) is 0.840. The molecular formula is C16H21NO5. The second-order valence-corrected chi connectivity index (χ2v) is 6.08. The molecule has 0 bridgehead atoms. The summed E-state index contributed by atoms with van der Waals surface area (Å²) < 4.78 is 11.0. The highest BCUT2D eigenvalue weighted by atomic mass is 16.5. The zero-order chi connectivity index (χ0) is 15.7. The summed E-state index contributed by atoms with van der Waals surface area (Å²) in [7, 11) is 1.62. The summed E-state index contributed by atoms with van der Waals surface area (Å²) in [6.07, 6.45) is 0.0321. The molecule has 6 nitrogen and oxygen atoms in total. The van der Waals surface area contributed by atoms with E-state index in [2.05, 4.69) is 0 Å². The minimum Gasteiger partial charge on any atom is -0.497 e. The van der Waals surface area contributed by atoms with Gasteiger partial charge in [0, 0.05) is 25.9 Å². The van der Waals surface area contributed by atoms with Crippen LogP contribution in [-0.2, 0) is 16.1 Å². The molecule has 22 heavy (non-hydrogen) atoms. The maximum Gasteiger partial charge on any atom is 0.324 e. The molecule has 0 aromatic heterocycles. The van der Waals surface area contributed by atoms with Crippen molar-refractivity contribution in [1.29, 1.82) is 0 Å². The van der Waals surface area contributed by atoms with Crippen LogP contribution in [0, 0.1) is 0 Å². The summed E-state index contributed by atoms with van der Waals surface area (Å²) in [4.78, 5) is 13.5. The lowest BCUT2D eigenvalue weighted by molar-refractivity contribution is -0.148. The topological polar surface area (TPSA) is 79.2 Å². The van der Waals surface area contributed by atoms with Gasteiger partial charge in [0.1, 0.15) is 11.3 Å². The molecule has 0 amide bonds. The van der Waals surface area contributed by atoms with E-state index in [9.17, 15) is 15.0 Å². The molecule has 3 rings (SSSR count). The maximum atomic E-state index is 11.6. The first-order valence-electron chi connectivity index (χ1n) is 7.44. The molecule has 6 heteroatoms. The van der Waals surface area contributed by atoms with Crippen molar-refractivity contribution < 1.29 is 24.5 Å². The Bertz CT molecular complexity index is 546. The van der Waals surface area contributed by atoms with Crippen molar-refractivity contribution in [3.05, 3.63) is 29.8 Å². The van der Waals surface area contributed by atoms with E-state index >= 15 is 0 Å². The molecule has 2 fully saturated rings. The van der Waals surface area contributed by atoms with E-state index < -0.39 is 17.6 Å². The monoisotopic (exact) mass is 307 g/mol. The molecule has 1 unspecified atom stereocenters. The van der Waals surface area contributed by atoms with Gasteiger partial charge in [-0.05, 0) is 17.7 Å². The summed E-state index contributed by atoms with van der Waals surface area (Å²) in [5, 5.41) is 19.3. The number of carboxylic acids is 1. The number of β-amino-alcohol motifs (C(OH)–C–C–N with tert-alkyl or cyclic N) is 1. The van der Waals surface area contributed by atoms with Crippen LogP contribution in [0.2, 0.25) is 0 Å². The van der Waals surface area contributed by atoms with Crippen LogP contribution in [0.15, 0.2) is 24.3 Å². The van der Waals surface area contributed by atoms with Crippen molar-refractivity contribution >= 4 is 5.97 Å². The first kappa shape index (κ1) is 15.3. The number of benzene rings is 1. The highest BCUT2D eigenvalue weighted by Gasteiger charge is 2.57. The number of rotatable bonds is 5. The van der Waals surface area contributed by atoms with Crippen LogP contribution in [-0.4, -0.2) is 59.0 Å². The molecule has 1 aromatic carbocycles. The highest BCUT2D eigenvalue weighted by molar-refractivity contribution is 5.80. The van der Waals surface area contributed by atoms with Crippen LogP contribution >= 0.6 is 0 Å². The molecule has 2 saturated heterocycles. The smallest absolute Gasteiger partial charge is 0.324 e. The second kappa shape index (κ2) is 5.87. The number of methoxy groups -OCH3 is 1. The van der Waals surface area contributed by atoms with Gasteiger partial charge in [0.2, 0.25) is 0 Å². The Morgan fingerprint density at radius 3 is 2.64 bits per heavy atom. The van der Waals surface area contributed by atoms with E-state index in [-0.39, 0.29) is 12.5 Å². The van der Waals surface area contributed by atoms with Gasteiger partial charge in [-0.25, -0.2) is 0 Å². The van der Waals surface area contributed by atoms with E-state index in [4.69, 9.17) is 9.47 Å². The van der Waals surface area contributed by atoms with Crippen molar-refractivity contribution in [2.45, 2.75) is 37.2 Å². The largest absolute Gasteiger partial charge is 0.497 e. The summed E-state index contributed by atoms with van der Waals surface area (Å²) in [5.74, 6) is -0.0660. The van der Waals surface area contributed by atoms with Gasteiger partial charge < -0.3 is 19.7 Å². The number of aliphatic hydroxyl groups excluding tert-OH is 1. The van der Waals surface area contributed by atoms with E-state index in [1.54, 1.807) is 7.11 Å². The Labute approximate surface area is 129 Å². The van der Waals surface area contributed by atoms with Crippen molar-refractivity contribution in [1.82, 2.24) is 4.90 Å². The van der Waals surface area contributed by atoms with Crippen molar-refractivity contribution in [2.75, 3.05) is 20.2 Å². The van der Waals surface area contributed by atoms with Gasteiger partial charge >= 0.3 is 5.97 Å². The van der Waals surface area contributed by atoms with Gasteiger partial charge in [0.15, 0.2) is 0 Å². The molecule has 3 atom stereocenters. The van der Waals surface area contributed by atoms with Gasteiger partial charge in [0.05, 0.1) is 25.9 Å². The average Bonchev–Trinajstić information content (AvgIpc) is 2.99. The van der Waals surface area contributed by atoms with Crippen LogP contribution in [0.4, 0.5) is 0 Å². The SMILES string of the molecule is COc1ccc(CO[C@H]2CN3CC(O)C[C@]3(C(=O)O)C2)cc1. The molecular weight excluding hydrogens is 286 g/mol. The van der Waals surface area contributed by atoms with Crippen molar-refractivity contribution in [3.63, 3.8) is 0 Å². The minimum atomic E-state index is -0.954. The molecule has 2 N–H and O–H groups in total. The van der Waals surface area contributed by atoms with Gasteiger partial charge in [-0.3, -0.25) is 9.69 Å². The van der Waals surface area contributed by atoms with Gasteiger partial charge in [-0.15, -0.1) is 0 Å². The predicted molar refractivity (Wildman–Crippen MR) is 78.8 cm³/mol. The van der Waals surface area contributed by atoms with E-state index in [1.807, 2.05) is 29.2 Å². The van der Waals surface area contributed by atoms with E-state index in [0.717, 1.165) is 11.3 Å². The normalized spacial score (nSPS) is 31.2. The lowest BCUT2D eigenvalue weighted by Gasteiger charge is -2.25. The molecule has 0 aliphatic carbocycles. The first-order valence-corrected chi connectivity index (χ1v) is 7.44. The average molecular weight is 307 g/mol. The fraction of sp³-hybridized carbons (Fsp3) is 0.562. The summed E-state index contributed by atoms with van der Waals surface area (Å²) >= 11 is 0. The maximum absolute atomic E-state index is 11.6. The number of carboxylic acid groups (broad SMARTS) is 1. The second-order valence-electron chi connectivity index (χ2n) is 6.08. The van der Waals surface area contributed by atoms with Crippen molar-refractivity contribution in [3.8, 4) is 5.75 Å². The number of aliphatic hydroxyl groups is 1. The zero-order valence-electron chi connectivity index (χ0n) is 12.6. The predicted octanol–water partition coefficient (Wildman–Crippen LogP) is 0.874. The van der Waals surface area contributed by atoms with Crippen molar-refractivity contribution in [2.24, 2.45) is 0 Å². The molecule has 0 radical (unpaired) electrons. The fourth-order valence-electron chi connectivity index (χ4n) is 3.52. The Kier molecular flexibility index (Phi) is 4.08. The van der Waals surface area contributed by atoms with Gasteiger partial charge in [-0.1, -0.05) is 12.1 Å². The summed E-state index contributed by atoms with van der Waals surface area (Å²) in [5.41, 5.74) is 0.0709. The molecule has 2 heterocycles. The lowest BCUT2D eigenvalue weighted by atomic mass is 9.93. The summed E-state index contributed by atoms with van der Waals surface area (Å²) in [6.45, 7) is 1.41. The van der Waals surface area contributed by atoms with Crippen LogP contribution in [0.25, 0.3) is 0 Å². The Morgan fingerprint density at radius 2 is 2.05 bits per heavy atom. The minimum absolute atomic E-state index is 0.120. The summed E-state index contributed by atoms with van der Waals surface area (Å²) in [6, 6.07) is 7.62. The fourth-order valence-corrected chi connectivity index (χ4v) is 3.52. The third-order valence-electron chi connectivity index (χ3n) is 4.64. The Hall–Kier alpha value is -1.63. The molecule has 0 saturated carbocycles. The van der Waals surface area contributed by atoms with Crippen LogP contribution in [0.1, 0.15) is 18.4 Å². The number of hydrogen-bond donors (Lipinski definition) is 2. The highest BCUT2D eigenvalue weighted by Crippen LogP contribution is 2.40. The Balaban J connectivity index is 1.60. The van der Waals surface area contributed by atoms with Gasteiger partial charge in [-0.2, -0.15) is 0 Å². The molecule has 2 aliphatic rings. The number of fused-ring (bicyclic) bond motifs is 1. The molecule has 2 aliphatic heterocycles. The molecule has 1 aromatic rings. The molecule has 0 spiro atoms. The van der Waals surface area contributed by atoms with Gasteiger partial charge in [0.25, 0.3) is 0 Å². The Morgan fingerprint density at radius 1 is 1.32 bits per heavy atom.